The van der Waals surface area contributed by atoms with E-state index in [1.807, 2.05) is 48.1 Å². The van der Waals surface area contributed by atoms with Crippen LogP contribution in [-0.2, 0) is 5.41 Å². The van der Waals surface area contributed by atoms with Crippen LogP contribution in [0.25, 0.3) is 0 Å². The number of rotatable bonds is 8. The molecule has 18 heteroatoms. The van der Waals surface area contributed by atoms with Gasteiger partial charge < -0.3 is 9.47 Å². The lowest BCUT2D eigenvalue weighted by Crippen LogP contribution is -2.36. The van der Waals surface area contributed by atoms with Crippen LogP contribution in [-0.4, -0.2) is 53.5 Å². The van der Waals surface area contributed by atoms with E-state index in [1.165, 1.54) is 36.4 Å². The first-order valence-corrected chi connectivity index (χ1v) is 16.3. The van der Waals surface area contributed by atoms with Gasteiger partial charge in [0.1, 0.15) is 23.0 Å². The molecule has 4 aromatic carbocycles. The highest BCUT2D eigenvalue weighted by molar-refractivity contribution is 6.34. The van der Waals surface area contributed by atoms with Crippen molar-refractivity contribution in [1.82, 2.24) is 29.9 Å². The van der Waals surface area contributed by atoms with E-state index < -0.39 is 63.7 Å². The summed E-state index contributed by atoms with van der Waals surface area (Å²) in [5.41, 5.74) is -2.31. The van der Waals surface area contributed by atoms with Gasteiger partial charge in [0.25, 0.3) is 23.6 Å². The molecule has 4 amide bonds. The van der Waals surface area contributed by atoms with E-state index in [9.17, 15) is 38.4 Å². The molecular weight excluding hydrogens is 716 g/mol. The number of aromatic nitrogens is 6. The molecule has 0 saturated carbocycles. The predicted molar refractivity (Wildman–Crippen MR) is 191 cm³/mol. The minimum atomic E-state index is -1.01. The first-order valence-electron chi connectivity index (χ1n) is 16.3. The SMILES string of the molecule is CC(C)(c1ccc(Oc2ccc3c(c2)C(=O)N(c2nc(=O)[nH]c(=O)[nH]2)C3=O)cc1)c1ccc(Oc2ccc3c(c2)C(=O)N(c2nc(=O)[nH]c(=O)[nH]2)C3=O)cc1. The van der Waals surface area contributed by atoms with Crippen LogP contribution in [0.15, 0.2) is 104 Å². The Bertz CT molecular complexity index is 2620. The van der Waals surface area contributed by atoms with Crippen LogP contribution in [0.4, 0.5) is 11.9 Å². The van der Waals surface area contributed by atoms with Crippen molar-refractivity contribution in [1.29, 1.82) is 0 Å². The second-order valence-electron chi connectivity index (χ2n) is 12.8. The molecule has 0 saturated heterocycles. The average molecular weight is 741 g/mol. The number of H-pyrrole nitrogens is 4. The van der Waals surface area contributed by atoms with Gasteiger partial charge in [0.15, 0.2) is 0 Å². The molecule has 2 aliphatic heterocycles. The van der Waals surface area contributed by atoms with Gasteiger partial charge in [-0.2, -0.15) is 9.97 Å². The minimum absolute atomic E-state index is 0.0140. The summed E-state index contributed by atoms with van der Waals surface area (Å²) >= 11 is 0. The Hall–Kier alpha value is -8.02. The van der Waals surface area contributed by atoms with Crippen LogP contribution in [0.3, 0.4) is 0 Å². The normalized spacial score (nSPS) is 13.6. The summed E-state index contributed by atoms with van der Waals surface area (Å²) in [5.74, 6) is -2.59. The molecular formula is C37H24N8O10. The number of ether oxygens (including phenoxy) is 2. The molecule has 6 aromatic rings. The van der Waals surface area contributed by atoms with Crippen molar-refractivity contribution in [3.05, 3.63) is 160 Å². The van der Waals surface area contributed by atoms with Crippen LogP contribution < -0.4 is 42.0 Å². The van der Waals surface area contributed by atoms with E-state index in [4.69, 9.17) is 9.47 Å². The lowest BCUT2D eigenvalue weighted by Gasteiger charge is -2.26. The number of benzene rings is 4. The zero-order valence-corrected chi connectivity index (χ0v) is 28.5. The Balaban J connectivity index is 0.945. The van der Waals surface area contributed by atoms with Gasteiger partial charge >= 0.3 is 22.8 Å². The minimum Gasteiger partial charge on any atom is -0.457 e. The Morgan fingerprint density at radius 1 is 0.455 bits per heavy atom. The molecule has 0 bridgehead atoms. The molecule has 2 aromatic heterocycles. The van der Waals surface area contributed by atoms with E-state index in [0.717, 1.165) is 11.1 Å². The summed E-state index contributed by atoms with van der Waals surface area (Å²) < 4.78 is 12.0. The Kier molecular flexibility index (Phi) is 7.80. The fraction of sp³-hybridized carbons (Fsp3) is 0.0811. The lowest BCUT2D eigenvalue weighted by molar-refractivity contribution is 0.0907. The predicted octanol–water partition coefficient (Wildman–Crippen LogP) is 2.74. The van der Waals surface area contributed by atoms with Crippen LogP contribution in [0.1, 0.15) is 66.4 Å². The molecule has 2 aliphatic rings. The number of carbonyl (C=O) groups is 4. The monoisotopic (exact) mass is 740 g/mol. The maximum absolute atomic E-state index is 13.1. The summed E-state index contributed by atoms with van der Waals surface area (Å²) in [6.07, 6.45) is 0. The number of carbonyl (C=O) groups excluding carboxylic acids is 4. The lowest BCUT2D eigenvalue weighted by atomic mass is 9.78. The molecule has 8 rings (SSSR count). The molecule has 0 aliphatic carbocycles. The molecule has 4 N–H and O–H groups in total. The number of anilines is 2. The van der Waals surface area contributed by atoms with Crippen LogP contribution in [0.2, 0.25) is 0 Å². The zero-order valence-electron chi connectivity index (χ0n) is 28.5. The molecule has 0 radical (unpaired) electrons. The molecule has 18 nitrogen and oxygen atoms in total. The van der Waals surface area contributed by atoms with Crippen molar-refractivity contribution in [3.8, 4) is 23.0 Å². The van der Waals surface area contributed by atoms with Crippen molar-refractivity contribution >= 4 is 35.5 Å². The van der Waals surface area contributed by atoms with Crippen LogP contribution >= 0.6 is 0 Å². The third-order valence-electron chi connectivity index (χ3n) is 9.07. The number of amides is 4. The first kappa shape index (κ1) is 34.1. The molecule has 55 heavy (non-hydrogen) atoms. The number of hydrogen-bond acceptors (Lipinski definition) is 12. The van der Waals surface area contributed by atoms with E-state index >= 15 is 0 Å². The highest BCUT2D eigenvalue weighted by Crippen LogP contribution is 2.36. The number of nitrogens with one attached hydrogen (secondary N) is 4. The number of hydrogen-bond donors (Lipinski definition) is 4. The van der Waals surface area contributed by atoms with Crippen molar-refractivity contribution in [3.63, 3.8) is 0 Å². The zero-order chi connectivity index (χ0) is 38.8. The Labute approximate surface area is 306 Å². The first-order chi connectivity index (χ1) is 26.3. The van der Waals surface area contributed by atoms with Gasteiger partial charge in [-0.25, -0.2) is 29.0 Å². The fourth-order valence-electron chi connectivity index (χ4n) is 6.25. The summed E-state index contributed by atoms with van der Waals surface area (Å²) in [6, 6.07) is 23.3. The Morgan fingerprint density at radius 2 is 0.800 bits per heavy atom. The second kappa shape index (κ2) is 12.6. The standard InChI is InChI=1S/C37H24N8O10/c1-37(2,17-3-7-19(8-4-17)54-21-11-13-23-25(15-21)29(48)44(27(23)46)31-38-33(50)42-34(51)39-31)18-5-9-20(10-6-18)55-22-12-14-24-26(16-22)30(49)45(28(24)47)32-40-35(52)43-36(53)41-32/h3-16H,1-2H3,(H2,38,39,42,50,51)(H2,40,41,43,52,53). The van der Waals surface area contributed by atoms with E-state index in [2.05, 4.69) is 19.9 Å². The number of nitrogens with zero attached hydrogens (tertiary/aromatic N) is 4. The van der Waals surface area contributed by atoms with E-state index in [1.54, 1.807) is 24.3 Å². The quantitative estimate of drug-likeness (QED) is 0.165. The molecule has 0 spiro atoms. The maximum atomic E-state index is 13.1. The van der Waals surface area contributed by atoms with Crippen molar-refractivity contribution in [2.45, 2.75) is 19.3 Å². The molecule has 0 unspecified atom stereocenters. The molecule has 272 valence electrons. The smallest absolute Gasteiger partial charge is 0.352 e. The van der Waals surface area contributed by atoms with Gasteiger partial charge in [-0.1, -0.05) is 38.1 Å². The summed E-state index contributed by atoms with van der Waals surface area (Å²) in [7, 11) is 0. The number of imide groups is 2. The van der Waals surface area contributed by atoms with Crippen molar-refractivity contribution in [2.75, 3.05) is 9.80 Å². The fourth-order valence-corrected chi connectivity index (χ4v) is 6.25. The third-order valence-corrected chi connectivity index (χ3v) is 9.07. The van der Waals surface area contributed by atoms with Gasteiger partial charge in [-0.3, -0.25) is 39.1 Å². The van der Waals surface area contributed by atoms with Crippen LogP contribution in [0.5, 0.6) is 23.0 Å². The van der Waals surface area contributed by atoms with Gasteiger partial charge in [0.05, 0.1) is 22.3 Å². The van der Waals surface area contributed by atoms with Gasteiger partial charge in [-0.15, -0.1) is 0 Å². The molecule has 4 heterocycles. The highest BCUT2D eigenvalue weighted by Gasteiger charge is 2.40. The summed E-state index contributed by atoms with van der Waals surface area (Å²) in [6.45, 7) is 4.07. The van der Waals surface area contributed by atoms with Crippen molar-refractivity contribution < 1.29 is 28.7 Å². The molecule has 0 atom stereocenters. The maximum Gasteiger partial charge on any atom is 0.352 e. The largest absolute Gasteiger partial charge is 0.457 e. The average Bonchev–Trinajstić information content (AvgIpc) is 3.54. The van der Waals surface area contributed by atoms with Crippen molar-refractivity contribution in [2.24, 2.45) is 0 Å². The summed E-state index contributed by atoms with van der Waals surface area (Å²) in [5, 5.41) is 0. The topological polar surface area (TPSA) is 250 Å². The number of fused-ring (bicyclic) bond motifs is 2. The third kappa shape index (κ3) is 5.98. The van der Waals surface area contributed by atoms with E-state index in [-0.39, 0.29) is 33.8 Å². The van der Waals surface area contributed by atoms with Gasteiger partial charge in [0.2, 0.25) is 11.9 Å². The van der Waals surface area contributed by atoms with E-state index in [0.29, 0.717) is 21.3 Å². The summed E-state index contributed by atoms with van der Waals surface area (Å²) in [4.78, 5) is 115. The highest BCUT2D eigenvalue weighted by atomic mass is 16.5. The number of aromatic amines is 4. The second-order valence-corrected chi connectivity index (χ2v) is 12.8. The van der Waals surface area contributed by atoms with Gasteiger partial charge in [-0.05, 0) is 71.8 Å². The van der Waals surface area contributed by atoms with Gasteiger partial charge in [0, 0.05) is 5.41 Å². The van der Waals surface area contributed by atoms with Crippen LogP contribution in [0, 0.1) is 0 Å². The Morgan fingerprint density at radius 3 is 1.16 bits per heavy atom. The molecule has 0 fully saturated rings.